The summed E-state index contributed by atoms with van der Waals surface area (Å²) >= 11 is 0. The quantitative estimate of drug-likeness (QED) is 0.772. The summed E-state index contributed by atoms with van der Waals surface area (Å²) in [7, 11) is 2.97. The van der Waals surface area contributed by atoms with Gasteiger partial charge >= 0.3 is 0 Å². The molecule has 0 saturated heterocycles. The van der Waals surface area contributed by atoms with Crippen molar-refractivity contribution in [2.75, 3.05) is 14.2 Å². The Morgan fingerprint density at radius 2 is 1.86 bits per heavy atom. The molecular formula is C10H14O4. The smallest absolute Gasteiger partial charge is 0.132 e. The number of benzene rings is 1. The Balaban J connectivity index is 3.27. The van der Waals surface area contributed by atoms with Gasteiger partial charge < -0.3 is 19.7 Å². The maximum atomic E-state index is 9.58. The Labute approximate surface area is 82.7 Å². The number of aromatic hydroxyl groups is 1. The van der Waals surface area contributed by atoms with Gasteiger partial charge in [0.2, 0.25) is 0 Å². The third-order valence-electron chi connectivity index (χ3n) is 1.97. The van der Waals surface area contributed by atoms with Crippen molar-refractivity contribution in [1.82, 2.24) is 0 Å². The Bertz CT molecular complexity index is 320. The molecule has 4 heteroatoms. The zero-order valence-corrected chi connectivity index (χ0v) is 8.44. The molecule has 0 amide bonds. The number of phenols is 1. The number of methoxy groups -OCH3 is 2. The van der Waals surface area contributed by atoms with E-state index >= 15 is 0 Å². The van der Waals surface area contributed by atoms with Crippen molar-refractivity contribution >= 4 is 0 Å². The van der Waals surface area contributed by atoms with E-state index in [0.29, 0.717) is 17.1 Å². The lowest BCUT2D eigenvalue weighted by Crippen LogP contribution is -1.98. The summed E-state index contributed by atoms with van der Waals surface area (Å²) in [5.74, 6) is 0.872. The second-order valence-electron chi connectivity index (χ2n) is 2.94. The number of aliphatic hydroxyl groups excluding tert-OH is 1. The highest BCUT2D eigenvalue weighted by atomic mass is 16.5. The van der Waals surface area contributed by atoms with Crippen LogP contribution in [0.2, 0.25) is 0 Å². The average molecular weight is 198 g/mol. The maximum absolute atomic E-state index is 9.58. The molecule has 0 heterocycles. The predicted molar refractivity (Wildman–Crippen MR) is 51.8 cm³/mol. The minimum Gasteiger partial charge on any atom is -0.507 e. The van der Waals surface area contributed by atoms with Gasteiger partial charge in [-0.1, -0.05) is 0 Å². The molecule has 1 rings (SSSR count). The second-order valence-corrected chi connectivity index (χ2v) is 2.94. The van der Waals surface area contributed by atoms with Crippen molar-refractivity contribution in [3.63, 3.8) is 0 Å². The lowest BCUT2D eigenvalue weighted by molar-refractivity contribution is 0.189. The normalized spacial score (nSPS) is 12.3. The van der Waals surface area contributed by atoms with Crippen molar-refractivity contribution in [3.8, 4) is 17.2 Å². The standard InChI is InChI=1S/C10H14O4/c1-6(11)10-8(12)4-7(13-2)5-9(10)14-3/h4-6,11-12H,1-3H3. The van der Waals surface area contributed by atoms with E-state index in [1.165, 1.54) is 20.3 Å². The highest BCUT2D eigenvalue weighted by Gasteiger charge is 2.15. The summed E-state index contributed by atoms with van der Waals surface area (Å²) in [5, 5.41) is 19.0. The van der Waals surface area contributed by atoms with Crippen LogP contribution in [0.4, 0.5) is 0 Å². The van der Waals surface area contributed by atoms with Gasteiger partial charge in [-0.15, -0.1) is 0 Å². The summed E-state index contributed by atoms with van der Waals surface area (Å²) in [6.45, 7) is 1.56. The van der Waals surface area contributed by atoms with E-state index in [1.807, 2.05) is 0 Å². The molecule has 14 heavy (non-hydrogen) atoms. The van der Waals surface area contributed by atoms with Crippen LogP contribution in [0, 0.1) is 0 Å². The van der Waals surface area contributed by atoms with Gasteiger partial charge in [0.1, 0.15) is 17.2 Å². The zero-order chi connectivity index (χ0) is 10.7. The highest BCUT2D eigenvalue weighted by molar-refractivity contribution is 5.50. The summed E-state index contributed by atoms with van der Waals surface area (Å²) in [4.78, 5) is 0. The summed E-state index contributed by atoms with van der Waals surface area (Å²) in [6, 6.07) is 3.05. The van der Waals surface area contributed by atoms with E-state index in [0.717, 1.165) is 0 Å². The number of phenolic OH excluding ortho intramolecular Hbond substituents is 1. The fourth-order valence-corrected chi connectivity index (χ4v) is 1.29. The van der Waals surface area contributed by atoms with Crippen LogP contribution in [0.5, 0.6) is 17.2 Å². The molecule has 0 aliphatic rings. The van der Waals surface area contributed by atoms with E-state index in [1.54, 1.807) is 13.0 Å². The predicted octanol–water partition coefficient (Wildman–Crippen LogP) is 1.46. The molecule has 0 radical (unpaired) electrons. The van der Waals surface area contributed by atoms with Crippen molar-refractivity contribution < 1.29 is 19.7 Å². The first kappa shape index (κ1) is 10.7. The van der Waals surface area contributed by atoms with Crippen LogP contribution in [0.15, 0.2) is 12.1 Å². The summed E-state index contributed by atoms with van der Waals surface area (Å²) in [5.41, 5.74) is 0.369. The minimum atomic E-state index is -0.782. The number of hydrogen-bond donors (Lipinski definition) is 2. The van der Waals surface area contributed by atoms with Gasteiger partial charge in [0.15, 0.2) is 0 Å². The first-order valence-electron chi connectivity index (χ1n) is 4.23. The van der Waals surface area contributed by atoms with Crippen molar-refractivity contribution in [3.05, 3.63) is 17.7 Å². The number of hydrogen-bond acceptors (Lipinski definition) is 4. The largest absolute Gasteiger partial charge is 0.507 e. The molecule has 0 fully saturated rings. The third kappa shape index (κ3) is 1.90. The number of ether oxygens (including phenoxy) is 2. The molecule has 1 atom stereocenters. The first-order valence-corrected chi connectivity index (χ1v) is 4.23. The van der Waals surface area contributed by atoms with E-state index < -0.39 is 6.10 Å². The van der Waals surface area contributed by atoms with Gasteiger partial charge in [-0.2, -0.15) is 0 Å². The van der Waals surface area contributed by atoms with Crippen LogP contribution in [0.25, 0.3) is 0 Å². The SMILES string of the molecule is COc1cc(O)c(C(C)O)c(OC)c1. The maximum Gasteiger partial charge on any atom is 0.132 e. The van der Waals surface area contributed by atoms with Gasteiger partial charge in [-0.05, 0) is 6.92 Å². The van der Waals surface area contributed by atoms with Crippen molar-refractivity contribution in [1.29, 1.82) is 0 Å². The molecule has 1 aromatic rings. The second kappa shape index (κ2) is 4.19. The zero-order valence-electron chi connectivity index (χ0n) is 8.44. The number of aliphatic hydroxyl groups is 1. The first-order chi connectivity index (χ1) is 6.60. The van der Waals surface area contributed by atoms with Crippen LogP contribution in [-0.4, -0.2) is 24.4 Å². The minimum absolute atomic E-state index is 0.0313. The highest BCUT2D eigenvalue weighted by Crippen LogP contribution is 2.37. The molecule has 1 unspecified atom stereocenters. The van der Waals surface area contributed by atoms with Gasteiger partial charge in [-0.25, -0.2) is 0 Å². The van der Waals surface area contributed by atoms with Gasteiger partial charge in [-0.3, -0.25) is 0 Å². The lowest BCUT2D eigenvalue weighted by atomic mass is 10.1. The topological polar surface area (TPSA) is 58.9 Å². The molecule has 2 N–H and O–H groups in total. The number of rotatable bonds is 3. The summed E-state index contributed by atoms with van der Waals surface area (Å²) < 4.78 is 9.98. The molecule has 4 nitrogen and oxygen atoms in total. The van der Waals surface area contributed by atoms with Crippen LogP contribution >= 0.6 is 0 Å². The van der Waals surface area contributed by atoms with E-state index in [4.69, 9.17) is 9.47 Å². The molecule has 0 aromatic heterocycles. The molecule has 0 aliphatic carbocycles. The van der Waals surface area contributed by atoms with Crippen LogP contribution in [0.3, 0.4) is 0 Å². The Morgan fingerprint density at radius 1 is 1.21 bits per heavy atom. The molecule has 1 aromatic carbocycles. The van der Waals surface area contributed by atoms with Crippen molar-refractivity contribution in [2.24, 2.45) is 0 Å². The fraction of sp³-hybridized carbons (Fsp3) is 0.400. The summed E-state index contributed by atoms with van der Waals surface area (Å²) in [6.07, 6.45) is -0.782. The van der Waals surface area contributed by atoms with Gasteiger partial charge in [0, 0.05) is 12.1 Å². The Hall–Kier alpha value is -1.42. The monoisotopic (exact) mass is 198 g/mol. The van der Waals surface area contributed by atoms with Crippen LogP contribution < -0.4 is 9.47 Å². The van der Waals surface area contributed by atoms with E-state index in [9.17, 15) is 10.2 Å². The van der Waals surface area contributed by atoms with Crippen LogP contribution in [-0.2, 0) is 0 Å². The average Bonchev–Trinajstić information content (AvgIpc) is 2.15. The molecule has 0 bridgehead atoms. The Kier molecular flexibility index (Phi) is 3.19. The van der Waals surface area contributed by atoms with E-state index in [-0.39, 0.29) is 5.75 Å². The molecule has 0 aliphatic heterocycles. The Morgan fingerprint density at radius 3 is 2.29 bits per heavy atom. The van der Waals surface area contributed by atoms with E-state index in [2.05, 4.69) is 0 Å². The fourth-order valence-electron chi connectivity index (χ4n) is 1.29. The van der Waals surface area contributed by atoms with Crippen LogP contribution in [0.1, 0.15) is 18.6 Å². The van der Waals surface area contributed by atoms with Gasteiger partial charge in [0.25, 0.3) is 0 Å². The third-order valence-corrected chi connectivity index (χ3v) is 1.97. The molecular weight excluding hydrogens is 184 g/mol. The molecule has 0 spiro atoms. The molecule has 78 valence electrons. The van der Waals surface area contributed by atoms with Crippen molar-refractivity contribution in [2.45, 2.75) is 13.0 Å². The van der Waals surface area contributed by atoms with Gasteiger partial charge in [0.05, 0.1) is 25.9 Å². The molecule has 0 saturated carbocycles. The lowest BCUT2D eigenvalue weighted by Gasteiger charge is -2.14.